The van der Waals surface area contributed by atoms with E-state index in [1.54, 1.807) is 42.7 Å². The van der Waals surface area contributed by atoms with Crippen molar-refractivity contribution in [1.29, 1.82) is 0 Å². The van der Waals surface area contributed by atoms with E-state index in [0.29, 0.717) is 25.1 Å². The van der Waals surface area contributed by atoms with Gasteiger partial charge in [-0.2, -0.15) is 0 Å². The van der Waals surface area contributed by atoms with Crippen molar-refractivity contribution in [3.8, 4) is 11.5 Å². The average Bonchev–Trinajstić information content (AvgIpc) is 3.67. The summed E-state index contributed by atoms with van der Waals surface area (Å²) in [5.41, 5.74) is 1.57. The van der Waals surface area contributed by atoms with Crippen molar-refractivity contribution >= 4 is 55.0 Å². The van der Waals surface area contributed by atoms with Crippen LogP contribution in [0.3, 0.4) is 0 Å². The summed E-state index contributed by atoms with van der Waals surface area (Å²) in [5.74, 6) is 4.04. The zero-order valence-corrected chi connectivity index (χ0v) is 32.4. The SMILES string of the molecule is COc1ccc(C(OC[C@@H](NC(=O)CCSSCCNC(=O)CCCC[C@@H]2CCSS2)[C@@H](C)O)(c2ccccc2)c2ccc(OC)cc2)cc1. The fourth-order valence-corrected chi connectivity index (χ4v) is 10.6. The second-order valence-corrected chi connectivity index (χ2v) is 17.5. The van der Waals surface area contributed by atoms with Crippen LogP contribution in [-0.2, 0) is 19.9 Å². The van der Waals surface area contributed by atoms with E-state index in [1.165, 1.54) is 18.6 Å². The molecule has 1 aliphatic rings. The van der Waals surface area contributed by atoms with E-state index < -0.39 is 17.7 Å². The van der Waals surface area contributed by atoms with E-state index in [2.05, 4.69) is 10.6 Å². The van der Waals surface area contributed by atoms with Gasteiger partial charge in [-0.25, -0.2) is 0 Å². The van der Waals surface area contributed by atoms with Gasteiger partial charge in [0.2, 0.25) is 11.8 Å². The summed E-state index contributed by atoms with van der Waals surface area (Å²) in [6, 6.07) is 24.8. The van der Waals surface area contributed by atoms with Crippen molar-refractivity contribution in [2.75, 3.05) is 44.6 Å². The molecule has 3 atom stereocenters. The molecule has 1 fully saturated rings. The highest BCUT2D eigenvalue weighted by Gasteiger charge is 2.39. The third kappa shape index (κ3) is 12.3. The summed E-state index contributed by atoms with van der Waals surface area (Å²) in [6.45, 7) is 2.33. The topological polar surface area (TPSA) is 106 Å². The monoisotopic (exact) mass is 758 g/mol. The van der Waals surface area contributed by atoms with E-state index >= 15 is 0 Å². The predicted molar refractivity (Wildman–Crippen MR) is 211 cm³/mol. The number of benzene rings is 3. The Kier molecular flexibility index (Phi) is 17.6. The zero-order valence-electron chi connectivity index (χ0n) is 29.1. The maximum atomic E-state index is 13.0. The molecule has 8 nitrogen and oxygen atoms in total. The number of carbonyl (C=O) groups is 2. The third-order valence-electron chi connectivity index (χ3n) is 8.49. The van der Waals surface area contributed by atoms with Crippen LogP contribution in [0.1, 0.15) is 62.1 Å². The van der Waals surface area contributed by atoms with Crippen LogP contribution in [0.25, 0.3) is 0 Å². The molecule has 4 rings (SSSR count). The van der Waals surface area contributed by atoms with Crippen molar-refractivity contribution in [2.45, 2.75) is 68.4 Å². The van der Waals surface area contributed by atoms with Gasteiger partial charge in [0.15, 0.2) is 0 Å². The summed E-state index contributed by atoms with van der Waals surface area (Å²) >= 11 is 0. The molecule has 272 valence electrons. The number of methoxy groups -OCH3 is 2. The van der Waals surface area contributed by atoms with Crippen LogP contribution in [0.4, 0.5) is 0 Å². The molecule has 3 N–H and O–H groups in total. The first kappa shape index (κ1) is 40.3. The number of carbonyl (C=O) groups excluding carboxylic acids is 2. The molecule has 0 radical (unpaired) electrons. The highest BCUT2D eigenvalue weighted by molar-refractivity contribution is 8.77. The van der Waals surface area contributed by atoms with Crippen LogP contribution in [-0.4, -0.2) is 78.9 Å². The lowest BCUT2D eigenvalue weighted by Gasteiger charge is -2.37. The molecule has 1 aliphatic heterocycles. The van der Waals surface area contributed by atoms with Gasteiger partial charge in [-0.05, 0) is 67.1 Å². The van der Waals surface area contributed by atoms with Crippen LogP contribution >= 0.6 is 43.2 Å². The molecule has 0 aliphatic carbocycles. The number of hydrogen-bond acceptors (Lipinski definition) is 10. The largest absolute Gasteiger partial charge is 0.497 e. The van der Waals surface area contributed by atoms with Gasteiger partial charge >= 0.3 is 0 Å². The molecular formula is C38H50N2O6S4. The lowest BCUT2D eigenvalue weighted by molar-refractivity contribution is -0.123. The Balaban J connectivity index is 1.29. The van der Waals surface area contributed by atoms with Gasteiger partial charge in [-0.3, -0.25) is 9.59 Å². The van der Waals surface area contributed by atoms with Gasteiger partial charge in [0, 0.05) is 41.9 Å². The van der Waals surface area contributed by atoms with Gasteiger partial charge in [-0.1, -0.05) is 104 Å². The maximum absolute atomic E-state index is 13.0. The van der Waals surface area contributed by atoms with Crippen molar-refractivity contribution in [3.63, 3.8) is 0 Å². The first-order valence-corrected chi connectivity index (χ1v) is 22.0. The quantitative estimate of drug-likeness (QED) is 0.0543. The molecule has 12 heteroatoms. The van der Waals surface area contributed by atoms with Crippen LogP contribution in [0.15, 0.2) is 78.9 Å². The normalized spacial score (nSPS) is 15.6. The molecule has 0 bridgehead atoms. The Hall–Kier alpha value is -2.48. The minimum Gasteiger partial charge on any atom is -0.497 e. The van der Waals surface area contributed by atoms with Crippen molar-refractivity contribution < 1.29 is 28.9 Å². The van der Waals surface area contributed by atoms with Gasteiger partial charge in [0.1, 0.15) is 17.1 Å². The first-order chi connectivity index (χ1) is 24.3. The Labute approximate surface area is 313 Å². The molecule has 1 heterocycles. The highest BCUT2D eigenvalue weighted by atomic mass is 33.1. The van der Waals surface area contributed by atoms with Gasteiger partial charge in [-0.15, -0.1) is 0 Å². The highest BCUT2D eigenvalue weighted by Crippen LogP contribution is 2.42. The number of aliphatic hydroxyl groups is 1. The summed E-state index contributed by atoms with van der Waals surface area (Å²) in [6.07, 6.45) is 4.58. The number of hydrogen-bond donors (Lipinski definition) is 3. The van der Waals surface area contributed by atoms with Gasteiger partial charge in [0.05, 0.1) is 33.0 Å². The molecule has 0 spiro atoms. The minimum atomic E-state index is -1.06. The number of amides is 2. The zero-order chi connectivity index (χ0) is 35.6. The lowest BCUT2D eigenvalue weighted by Crippen LogP contribution is -2.47. The fourth-order valence-electron chi connectivity index (χ4n) is 5.66. The second kappa shape index (κ2) is 21.8. The average molecular weight is 759 g/mol. The number of ether oxygens (including phenoxy) is 3. The Morgan fingerprint density at radius 2 is 1.48 bits per heavy atom. The van der Waals surface area contributed by atoms with Gasteiger partial charge < -0.3 is 30.0 Å². The van der Waals surface area contributed by atoms with Crippen molar-refractivity contribution in [2.24, 2.45) is 0 Å². The molecule has 3 aromatic carbocycles. The first-order valence-electron chi connectivity index (χ1n) is 17.1. The minimum absolute atomic E-state index is 0.0521. The van der Waals surface area contributed by atoms with E-state index in [1.807, 2.05) is 100 Å². The van der Waals surface area contributed by atoms with Crippen molar-refractivity contribution in [1.82, 2.24) is 10.6 Å². The van der Waals surface area contributed by atoms with Gasteiger partial charge in [0.25, 0.3) is 0 Å². The molecule has 3 aromatic rings. The van der Waals surface area contributed by atoms with E-state index in [-0.39, 0.29) is 18.4 Å². The van der Waals surface area contributed by atoms with Crippen LogP contribution < -0.4 is 20.1 Å². The van der Waals surface area contributed by atoms with Crippen LogP contribution in [0.2, 0.25) is 0 Å². The van der Waals surface area contributed by atoms with Crippen LogP contribution in [0, 0.1) is 0 Å². The molecule has 0 saturated carbocycles. The second-order valence-electron chi connectivity index (χ2n) is 12.0. The van der Waals surface area contributed by atoms with Crippen LogP contribution in [0.5, 0.6) is 11.5 Å². The number of nitrogens with one attached hydrogen (secondary N) is 2. The molecule has 0 aromatic heterocycles. The number of aliphatic hydroxyl groups excluding tert-OH is 1. The fraction of sp³-hybridized carbons (Fsp3) is 0.474. The molecule has 0 unspecified atom stereocenters. The predicted octanol–water partition coefficient (Wildman–Crippen LogP) is 7.48. The maximum Gasteiger partial charge on any atom is 0.221 e. The summed E-state index contributed by atoms with van der Waals surface area (Å²) in [4.78, 5) is 25.2. The lowest BCUT2D eigenvalue weighted by atomic mass is 9.80. The summed E-state index contributed by atoms with van der Waals surface area (Å²) < 4.78 is 17.8. The number of unbranched alkanes of at least 4 members (excludes halogenated alkanes) is 1. The molecule has 2 amide bonds. The molecular weight excluding hydrogens is 709 g/mol. The van der Waals surface area contributed by atoms with E-state index in [9.17, 15) is 14.7 Å². The molecule has 1 saturated heterocycles. The Morgan fingerprint density at radius 1 is 0.860 bits per heavy atom. The Bertz CT molecular complexity index is 1380. The molecule has 50 heavy (non-hydrogen) atoms. The smallest absolute Gasteiger partial charge is 0.221 e. The van der Waals surface area contributed by atoms with E-state index in [0.717, 1.165) is 52.0 Å². The van der Waals surface area contributed by atoms with Crippen molar-refractivity contribution in [3.05, 3.63) is 95.6 Å². The summed E-state index contributed by atoms with van der Waals surface area (Å²) in [7, 11) is 10.5. The number of rotatable bonds is 22. The summed E-state index contributed by atoms with van der Waals surface area (Å²) in [5, 5.41) is 17.5. The van der Waals surface area contributed by atoms with E-state index in [4.69, 9.17) is 14.2 Å². The Morgan fingerprint density at radius 3 is 2.06 bits per heavy atom. The standard InChI is InChI=1S/C38H50N2O6S4/c1-28(41)35(40-37(43)22-25-47-48-26-23-39-36(42)12-8-7-11-34-21-24-49-50-34)27-46-38(29-9-5-4-6-10-29,30-13-17-32(44-2)18-14-30)31-15-19-33(45-3)20-16-31/h4-6,9-10,13-20,28,34-35,41H,7-8,11-12,21-27H2,1-3H3,(H,39,42)(H,40,43)/t28-,34-,35-/m1/s1. The third-order valence-corrected chi connectivity index (χ3v) is 13.9.